The van der Waals surface area contributed by atoms with E-state index in [1.165, 1.54) is 6.42 Å². The van der Waals surface area contributed by atoms with Gasteiger partial charge in [0.05, 0.1) is 19.1 Å². The topological polar surface area (TPSA) is 49.8 Å². The van der Waals surface area contributed by atoms with Gasteiger partial charge in [0.15, 0.2) is 0 Å². The van der Waals surface area contributed by atoms with Crippen molar-refractivity contribution in [1.29, 1.82) is 0 Å². The van der Waals surface area contributed by atoms with E-state index in [2.05, 4.69) is 4.90 Å². The van der Waals surface area contributed by atoms with Crippen molar-refractivity contribution in [3.63, 3.8) is 0 Å². The molecule has 2 fully saturated rings. The van der Waals surface area contributed by atoms with Gasteiger partial charge in [-0.25, -0.2) is 0 Å². The van der Waals surface area contributed by atoms with Gasteiger partial charge in [-0.1, -0.05) is 30.3 Å². The van der Waals surface area contributed by atoms with Gasteiger partial charge < -0.3 is 9.84 Å². The van der Waals surface area contributed by atoms with Crippen molar-refractivity contribution < 1.29 is 14.6 Å². The molecule has 20 heavy (non-hydrogen) atoms. The Morgan fingerprint density at radius 3 is 2.90 bits per heavy atom. The number of hydrogen-bond acceptors (Lipinski definition) is 3. The van der Waals surface area contributed by atoms with E-state index in [-0.39, 0.29) is 12.5 Å². The molecule has 1 aromatic rings. The van der Waals surface area contributed by atoms with Crippen molar-refractivity contribution in [1.82, 2.24) is 4.90 Å². The minimum atomic E-state index is -0.736. The van der Waals surface area contributed by atoms with Crippen LogP contribution in [0.25, 0.3) is 0 Å². The lowest BCUT2D eigenvalue weighted by molar-refractivity contribution is -0.140. The summed E-state index contributed by atoms with van der Waals surface area (Å²) in [4.78, 5) is 13.6. The average Bonchev–Trinajstić information content (AvgIpc) is 2.94. The predicted octanol–water partition coefficient (Wildman–Crippen LogP) is 2.46. The number of ether oxygens (including phenoxy) is 1. The molecule has 4 heteroatoms. The molecule has 3 rings (SSSR count). The summed E-state index contributed by atoms with van der Waals surface area (Å²) >= 11 is 0. The standard InChI is InChI=1S/C16H21NO3/c18-16(19)11-14(12-5-2-1-3-6-12)17-9-10-20-15-8-4-7-13(15)17/h1-3,5-6,13-15H,4,7-11H2,(H,18,19). The van der Waals surface area contributed by atoms with Gasteiger partial charge in [-0.05, 0) is 24.8 Å². The van der Waals surface area contributed by atoms with E-state index >= 15 is 0 Å². The van der Waals surface area contributed by atoms with Gasteiger partial charge >= 0.3 is 5.97 Å². The first-order valence-electron chi connectivity index (χ1n) is 7.40. The van der Waals surface area contributed by atoms with Crippen molar-refractivity contribution in [3.05, 3.63) is 35.9 Å². The summed E-state index contributed by atoms with van der Waals surface area (Å²) in [5, 5.41) is 9.26. The van der Waals surface area contributed by atoms with Gasteiger partial charge in [0.25, 0.3) is 0 Å². The number of aliphatic carboxylic acids is 1. The second-order valence-electron chi connectivity index (χ2n) is 5.67. The lowest BCUT2D eigenvalue weighted by Crippen LogP contribution is -2.50. The number of carboxylic acid groups (broad SMARTS) is 1. The maximum absolute atomic E-state index is 11.3. The Balaban J connectivity index is 1.86. The fourth-order valence-corrected chi connectivity index (χ4v) is 3.61. The number of nitrogens with zero attached hydrogens (tertiary/aromatic N) is 1. The predicted molar refractivity (Wildman–Crippen MR) is 75.5 cm³/mol. The molecule has 0 amide bonds. The molecule has 1 aliphatic carbocycles. The van der Waals surface area contributed by atoms with E-state index in [1.807, 2.05) is 30.3 Å². The van der Waals surface area contributed by atoms with E-state index < -0.39 is 5.97 Å². The molecule has 3 atom stereocenters. The molecule has 2 aliphatic rings. The third-order valence-electron chi connectivity index (χ3n) is 4.48. The quantitative estimate of drug-likeness (QED) is 0.917. The molecule has 0 radical (unpaired) electrons. The van der Waals surface area contributed by atoms with Gasteiger partial charge in [0.1, 0.15) is 0 Å². The molecule has 1 saturated carbocycles. The molecule has 1 aliphatic heterocycles. The molecule has 1 heterocycles. The number of benzene rings is 1. The van der Waals surface area contributed by atoms with Crippen LogP contribution in [0.4, 0.5) is 0 Å². The SMILES string of the molecule is O=C(O)CC(c1ccccc1)N1CCOC2CCCC21. The van der Waals surface area contributed by atoms with Crippen LogP contribution in [-0.2, 0) is 9.53 Å². The summed E-state index contributed by atoms with van der Waals surface area (Å²) in [5.74, 6) is -0.736. The molecule has 4 nitrogen and oxygen atoms in total. The molecule has 108 valence electrons. The van der Waals surface area contributed by atoms with Crippen molar-refractivity contribution in [2.45, 2.75) is 43.9 Å². The van der Waals surface area contributed by atoms with Gasteiger partial charge in [0, 0.05) is 18.6 Å². The third kappa shape index (κ3) is 2.72. The highest BCUT2D eigenvalue weighted by Gasteiger charge is 2.40. The summed E-state index contributed by atoms with van der Waals surface area (Å²) < 4.78 is 5.83. The fraction of sp³-hybridized carbons (Fsp3) is 0.562. The smallest absolute Gasteiger partial charge is 0.305 e. The third-order valence-corrected chi connectivity index (χ3v) is 4.48. The average molecular weight is 275 g/mol. The van der Waals surface area contributed by atoms with E-state index in [4.69, 9.17) is 4.74 Å². The summed E-state index contributed by atoms with van der Waals surface area (Å²) in [5.41, 5.74) is 1.10. The maximum Gasteiger partial charge on any atom is 0.305 e. The van der Waals surface area contributed by atoms with Crippen LogP contribution in [0, 0.1) is 0 Å². The van der Waals surface area contributed by atoms with Crippen LogP contribution in [0.5, 0.6) is 0 Å². The zero-order valence-corrected chi connectivity index (χ0v) is 11.6. The molecule has 1 aromatic carbocycles. The number of carbonyl (C=O) groups is 1. The fourth-order valence-electron chi connectivity index (χ4n) is 3.61. The van der Waals surface area contributed by atoms with Gasteiger partial charge in [0.2, 0.25) is 0 Å². The molecule has 3 unspecified atom stereocenters. The summed E-state index contributed by atoms with van der Waals surface area (Å²) in [6.45, 7) is 1.54. The Morgan fingerprint density at radius 1 is 1.35 bits per heavy atom. The molecular weight excluding hydrogens is 254 g/mol. The number of rotatable bonds is 4. The summed E-state index contributed by atoms with van der Waals surface area (Å²) in [6.07, 6.45) is 3.86. The molecule has 1 saturated heterocycles. The second-order valence-corrected chi connectivity index (χ2v) is 5.67. The Kier molecular flexibility index (Phi) is 4.03. The molecule has 0 bridgehead atoms. The van der Waals surface area contributed by atoms with E-state index in [0.717, 1.165) is 24.9 Å². The van der Waals surface area contributed by atoms with Crippen LogP contribution < -0.4 is 0 Å². The summed E-state index contributed by atoms with van der Waals surface area (Å²) in [6, 6.07) is 10.4. The Morgan fingerprint density at radius 2 is 2.15 bits per heavy atom. The highest BCUT2D eigenvalue weighted by Crippen LogP contribution is 2.36. The number of hydrogen-bond donors (Lipinski definition) is 1. The zero-order valence-electron chi connectivity index (χ0n) is 11.6. The van der Waals surface area contributed by atoms with Gasteiger partial charge in [-0.2, -0.15) is 0 Å². The van der Waals surface area contributed by atoms with Crippen LogP contribution in [0.3, 0.4) is 0 Å². The highest BCUT2D eigenvalue weighted by molar-refractivity contribution is 5.68. The Labute approximate surface area is 119 Å². The number of morpholine rings is 1. The number of carboxylic acids is 1. The lowest BCUT2D eigenvalue weighted by atomic mass is 9.98. The molecule has 0 spiro atoms. The van der Waals surface area contributed by atoms with Crippen LogP contribution in [0.2, 0.25) is 0 Å². The first-order valence-corrected chi connectivity index (χ1v) is 7.40. The van der Waals surface area contributed by atoms with Crippen LogP contribution in [0.15, 0.2) is 30.3 Å². The minimum Gasteiger partial charge on any atom is -0.481 e. The van der Waals surface area contributed by atoms with Crippen molar-refractivity contribution in [2.24, 2.45) is 0 Å². The lowest BCUT2D eigenvalue weighted by Gasteiger charge is -2.42. The molecule has 1 N–H and O–H groups in total. The molecular formula is C16H21NO3. The first kappa shape index (κ1) is 13.6. The van der Waals surface area contributed by atoms with Crippen molar-refractivity contribution in [3.8, 4) is 0 Å². The maximum atomic E-state index is 11.3. The zero-order chi connectivity index (χ0) is 13.9. The summed E-state index contributed by atoms with van der Waals surface area (Å²) in [7, 11) is 0. The first-order chi connectivity index (χ1) is 9.75. The van der Waals surface area contributed by atoms with Crippen LogP contribution >= 0.6 is 0 Å². The monoisotopic (exact) mass is 275 g/mol. The van der Waals surface area contributed by atoms with Crippen LogP contribution in [0.1, 0.15) is 37.3 Å². The van der Waals surface area contributed by atoms with E-state index in [1.54, 1.807) is 0 Å². The Bertz CT molecular complexity index is 462. The highest BCUT2D eigenvalue weighted by atomic mass is 16.5. The molecule has 0 aromatic heterocycles. The van der Waals surface area contributed by atoms with Crippen LogP contribution in [-0.4, -0.2) is 41.3 Å². The van der Waals surface area contributed by atoms with Gasteiger partial charge in [-0.15, -0.1) is 0 Å². The largest absolute Gasteiger partial charge is 0.481 e. The van der Waals surface area contributed by atoms with Gasteiger partial charge in [-0.3, -0.25) is 9.69 Å². The Hall–Kier alpha value is -1.39. The van der Waals surface area contributed by atoms with Crippen molar-refractivity contribution >= 4 is 5.97 Å². The second kappa shape index (κ2) is 5.94. The number of fused-ring (bicyclic) bond motifs is 1. The minimum absolute atomic E-state index is 0.0387. The van der Waals surface area contributed by atoms with E-state index in [9.17, 15) is 9.90 Å². The normalized spacial score (nSPS) is 28.0. The van der Waals surface area contributed by atoms with Crippen molar-refractivity contribution in [2.75, 3.05) is 13.2 Å². The van der Waals surface area contributed by atoms with E-state index in [0.29, 0.717) is 18.8 Å².